The van der Waals surface area contributed by atoms with E-state index < -0.39 is 12.1 Å². The summed E-state index contributed by atoms with van der Waals surface area (Å²) in [6.45, 7) is 4.88. The molecule has 2 unspecified atom stereocenters. The molecule has 6 heteroatoms. The molecule has 3 N–H and O–H groups in total. The Morgan fingerprint density at radius 3 is 1.03 bits per heavy atom. The highest BCUT2D eigenvalue weighted by Crippen LogP contribution is 2.17. The first kappa shape index (κ1) is 72.8. The molecule has 1 amide bonds. The Labute approximate surface area is 467 Å². The predicted molar refractivity (Wildman–Crippen MR) is 329 cm³/mol. The van der Waals surface area contributed by atoms with Crippen LogP contribution >= 0.6 is 0 Å². The Balaban J connectivity index is 3.51. The van der Waals surface area contributed by atoms with E-state index in [1.54, 1.807) is 6.08 Å². The predicted octanol–water partition coefficient (Wildman–Crippen LogP) is 21.3. The van der Waals surface area contributed by atoms with E-state index in [-0.39, 0.29) is 18.5 Å². The van der Waals surface area contributed by atoms with Gasteiger partial charge in [-0.25, -0.2) is 0 Å². The van der Waals surface area contributed by atoms with Gasteiger partial charge in [0.25, 0.3) is 0 Å². The van der Waals surface area contributed by atoms with Gasteiger partial charge in [-0.1, -0.05) is 294 Å². The fourth-order valence-corrected chi connectivity index (χ4v) is 10.2. The van der Waals surface area contributed by atoms with Crippen molar-refractivity contribution in [2.24, 2.45) is 0 Å². The molecule has 0 saturated heterocycles. The summed E-state index contributed by atoms with van der Waals surface area (Å²) in [5.41, 5.74) is 0. The lowest BCUT2D eigenvalue weighted by Crippen LogP contribution is -2.45. The molecule has 0 rings (SSSR count). The summed E-state index contributed by atoms with van der Waals surface area (Å²) in [5.74, 6) is -0.101. The zero-order valence-electron chi connectivity index (χ0n) is 50.3. The highest BCUT2D eigenvalue weighted by molar-refractivity contribution is 5.76. The van der Waals surface area contributed by atoms with Crippen molar-refractivity contribution in [2.45, 2.75) is 366 Å². The van der Waals surface area contributed by atoms with Gasteiger partial charge in [0, 0.05) is 12.8 Å². The molecule has 6 nitrogen and oxygen atoms in total. The molecule has 0 radical (unpaired) electrons. The number of unbranched alkanes of at least 4 members (excludes halogenated alkanes) is 45. The number of carbonyl (C=O) groups excluding carboxylic acids is 2. The molecule has 0 aromatic rings. The molecular formula is C69H129NO5. The zero-order valence-corrected chi connectivity index (χ0v) is 50.3. The summed E-state index contributed by atoms with van der Waals surface area (Å²) < 4.78 is 5.47. The summed E-state index contributed by atoms with van der Waals surface area (Å²) in [5, 5.41) is 23.2. The monoisotopic (exact) mass is 1050 g/mol. The standard InChI is InChI=1S/C69H129NO5/c1-3-5-7-9-11-13-15-17-19-21-22-23-24-25-26-27-30-33-37-41-45-49-53-57-61-67(72)66(65-71)70-68(73)62-58-54-50-46-42-38-34-31-28-32-36-40-44-48-52-56-60-64-75-69(74)63-59-55-51-47-43-39-35-29-20-18-16-14-12-10-8-6-4-2/h18,20,28,32,40,44,57,61,66-67,71-72H,3-17,19,21-27,29-31,33-39,41-43,45-56,58-60,62-65H2,1-2H3,(H,70,73)/b20-18-,32-28-,44-40-,61-57+. The minimum Gasteiger partial charge on any atom is -0.466 e. The van der Waals surface area contributed by atoms with Crippen molar-refractivity contribution < 1.29 is 24.5 Å². The van der Waals surface area contributed by atoms with E-state index in [0.29, 0.717) is 19.4 Å². The molecule has 0 aliphatic rings. The first-order chi connectivity index (χ1) is 37.0. The van der Waals surface area contributed by atoms with E-state index in [9.17, 15) is 19.8 Å². The largest absolute Gasteiger partial charge is 0.466 e. The van der Waals surface area contributed by atoms with Crippen LogP contribution in [0, 0.1) is 0 Å². The van der Waals surface area contributed by atoms with Crippen LogP contribution in [0.4, 0.5) is 0 Å². The Morgan fingerprint density at radius 2 is 0.667 bits per heavy atom. The molecule has 2 atom stereocenters. The fourth-order valence-electron chi connectivity index (χ4n) is 10.2. The van der Waals surface area contributed by atoms with Gasteiger partial charge in [-0.05, 0) is 96.3 Å². The van der Waals surface area contributed by atoms with Crippen LogP contribution in [0.5, 0.6) is 0 Å². The third-order valence-corrected chi connectivity index (χ3v) is 15.3. The van der Waals surface area contributed by atoms with Crippen molar-refractivity contribution in [1.29, 1.82) is 0 Å². The topological polar surface area (TPSA) is 95.9 Å². The van der Waals surface area contributed by atoms with Gasteiger partial charge in [0.15, 0.2) is 0 Å². The Hall–Kier alpha value is -2.18. The van der Waals surface area contributed by atoms with Crippen LogP contribution in [0.2, 0.25) is 0 Å². The maximum Gasteiger partial charge on any atom is 0.305 e. The number of hydrogen-bond donors (Lipinski definition) is 3. The van der Waals surface area contributed by atoms with Crippen LogP contribution in [0.1, 0.15) is 354 Å². The molecular weight excluding hydrogens is 923 g/mol. The van der Waals surface area contributed by atoms with Crippen LogP contribution in [-0.2, 0) is 14.3 Å². The number of nitrogens with one attached hydrogen (secondary N) is 1. The Morgan fingerprint density at radius 1 is 0.373 bits per heavy atom. The van der Waals surface area contributed by atoms with Crippen molar-refractivity contribution in [3.63, 3.8) is 0 Å². The summed E-state index contributed by atoms with van der Waals surface area (Å²) in [4.78, 5) is 24.6. The minimum absolute atomic E-state index is 0.0194. The first-order valence-electron chi connectivity index (χ1n) is 33.4. The molecule has 0 aromatic carbocycles. The average Bonchev–Trinajstić information content (AvgIpc) is 3.41. The number of ether oxygens (including phenoxy) is 1. The number of esters is 1. The summed E-state index contributed by atoms with van der Waals surface area (Å²) in [6.07, 6.45) is 83.1. The molecule has 0 aromatic heterocycles. The summed E-state index contributed by atoms with van der Waals surface area (Å²) in [7, 11) is 0. The molecule has 0 aliphatic carbocycles. The lowest BCUT2D eigenvalue weighted by molar-refractivity contribution is -0.143. The molecule has 0 aliphatic heterocycles. The SMILES string of the molecule is CCCCCCCC/C=C\CCCCCCCCCC(=O)OCCCCC/C=C\C/C=C\CCCCCCCCCC(=O)NC(CO)C(O)/C=C/CCCCCCCCCCCCCCCCCCCCCCCC. The van der Waals surface area contributed by atoms with Gasteiger partial charge in [0.2, 0.25) is 5.91 Å². The van der Waals surface area contributed by atoms with Crippen LogP contribution < -0.4 is 5.32 Å². The highest BCUT2D eigenvalue weighted by atomic mass is 16.5. The van der Waals surface area contributed by atoms with E-state index in [1.807, 2.05) is 6.08 Å². The molecule has 0 bridgehead atoms. The normalized spacial score (nSPS) is 12.9. The lowest BCUT2D eigenvalue weighted by atomic mass is 10.0. The van der Waals surface area contributed by atoms with Gasteiger partial charge in [-0.3, -0.25) is 9.59 Å². The van der Waals surface area contributed by atoms with Crippen molar-refractivity contribution >= 4 is 11.9 Å². The number of aliphatic hydroxyl groups is 2. The third kappa shape index (κ3) is 60.9. The van der Waals surface area contributed by atoms with Gasteiger partial charge in [-0.15, -0.1) is 0 Å². The maximum absolute atomic E-state index is 12.5. The maximum atomic E-state index is 12.5. The minimum atomic E-state index is -0.858. The van der Waals surface area contributed by atoms with Crippen molar-refractivity contribution in [3.8, 4) is 0 Å². The quantitative estimate of drug-likeness (QED) is 0.0320. The summed E-state index contributed by atoms with van der Waals surface area (Å²) in [6, 6.07) is -0.643. The van der Waals surface area contributed by atoms with Gasteiger partial charge in [0.1, 0.15) is 0 Å². The molecule has 0 spiro atoms. The zero-order chi connectivity index (χ0) is 54.3. The third-order valence-electron chi connectivity index (χ3n) is 15.3. The molecule has 440 valence electrons. The van der Waals surface area contributed by atoms with E-state index >= 15 is 0 Å². The first-order valence-corrected chi connectivity index (χ1v) is 33.4. The van der Waals surface area contributed by atoms with Crippen LogP contribution in [0.15, 0.2) is 48.6 Å². The summed E-state index contributed by atoms with van der Waals surface area (Å²) >= 11 is 0. The van der Waals surface area contributed by atoms with E-state index in [2.05, 4.69) is 55.6 Å². The van der Waals surface area contributed by atoms with Gasteiger partial charge < -0.3 is 20.3 Å². The van der Waals surface area contributed by atoms with Crippen LogP contribution in [0.25, 0.3) is 0 Å². The Bertz CT molecular complexity index is 1260. The molecule has 0 heterocycles. The lowest BCUT2D eigenvalue weighted by Gasteiger charge is -2.20. The average molecular weight is 1050 g/mol. The number of aliphatic hydroxyl groups excluding tert-OH is 2. The molecule has 0 fully saturated rings. The van der Waals surface area contributed by atoms with Gasteiger partial charge >= 0.3 is 5.97 Å². The smallest absolute Gasteiger partial charge is 0.305 e. The second-order valence-electron chi connectivity index (χ2n) is 22.8. The number of rotatable bonds is 62. The second-order valence-corrected chi connectivity index (χ2v) is 22.8. The van der Waals surface area contributed by atoms with E-state index in [0.717, 1.165) is 83.5 Å². The van der Waals surface area contributed by atoms with Crippen molar-refractivity contribution in [2.75, 3.05) is 13.2 Å². The number of hydrogen-bond acceptors (Lipinski definition) is 5. The van der Waals surface area contributed by atoms with E-state index in [1.165, 1.54) is 244 Å². The van der Waals surface area contributed by atoms with Crippen LogP contribution in [-0.4, -0.2) is 47.4 Å². The second kappa shape index (κ2) is 64.3. The van der Waals surface area contributed by atoms with Crippen LogP contribution in [0.3, 0.4) is 0 Å². The van der Waals surface area contributed by atoms with Gasteiger partial charge in [-0.2, -0.15) is 0 Å². The number of carbonyl (C=O) groups is 2. The van der Waals surface area contributed by atoms with Crippen molar-refractivity contribution in [1.82, 2.24) is 5.32 Å². The van der Waals surface area contributed by atoms with Crippen molar-refractivity contribution in [3.05, 3.63) is 48.6 Å². The molecule has 75 heavy (non-hydrogen) atoms. The Kier molecular flexibility index (Phi) is 62.5. The fraction of sp³-hybridized carbons (Fsp3) is 0.855. The number of amides is 1. The highest BCUT2D eigenvalue weighted by Gasteiger charge is 2.18. The van der Waals surface area contributed by atoms with E-state index in [4.69, 9.17) is 4.74 Å². The van der Waals surface area contributed by atoms with Gasteiger partial charge in [0.05, 0.1) is 25.4 Å². The molecule has 0 saturated carbocycles. The number of allylic oxidation sites excluding steroid dienone is 7.